The van der Waals surface area contributed by atoms with Crippen LogP contribution in [0.15, 0.2) is 0 Å². The molecule has 0 aromatic carbocycles. The lowest BCUT2D eigenvalue weighted by Crippen LogP contribution is -2.70. The van der Waals surface area contributed by atoms with Crippen LogP contribution in [0.5, 0.6) is 0 Å². The number of rotatable bonds is 0. The molecule has 2 nitrogen and oxygen atoms in total. The number of hydrogen-bond donors (Lipinski definition) is 1. The zero-order chi connectivity index (χ0) is 7.90. The summed E-state index contributed by atoms with van der Waals surface area (Å²) in [6.07, 6.45) is 5.66. The molecule has 0 aromatic heterocycles. The summed E-state index contributed by atoms with van der Waals surface area (Å²) < 4.78 is 0. The third kappa shape index (κ3) is 1.30. The predicted molar refractivity (Wildman–Crippen MR) is 45.1 cm³/mol. The molecule has 0 bridgehead atoms. The van der Waals surface area contributed by atoms with E-state index in [1.54, 1.807) is 0 Å². The lowest BCUT2D eigenvalue weighted by Gasteiger charge is -2.48. The molecule has 0 unspecified atom stereocenters. The van der Waals surface area contributed by atoms with Gasteiger partial charge in [-0.2, -0.15) is 0 Å². The molecule has 1 heterocycles. The Morgan fingerprint density at radius 2 is 1.82 bits per heavy atom. The molecule has 11 heavy (non-hydrogen) atoms. The minimum absolute atomic E-state index is 0.749. The van der Waals surface area contributed by atoms with E-state index in [9.17, 15) is 0 Å². The number of nitrogens with zero attached hydrogens (tertiary/aromatic N) is 1. The molecule has 0 aromatic rings. The van der Waals surface area contributed by atoms with Crippen molar-refractivity contribution in [3.05, 3.63) is 0 Å². The Morgan fingerprint density at radius 3 is 2.27 bits per heavy atom. The van der Waals surface area contributed by atoms with Crippen LogP contribution < -0.4 is 5.73 Å². The largest absolute Gasteiger partial charge is 0.355 e. The molecule has 1 saturated heterocycles. The average Bonchev–Trinajstić information content (AvgIpc) is 1.92. The SMILES string of the molecule is CN1CCC2(CC1)CC([NH3+])C2. The lowest BCUT2D eigenvalue weighted by molar-refractivity contribution is -0.456. The van der Waals surface area contributed by atoms with Gasteiger partial charge < -0.3 is 10.6 Å². The Kier molecular flexibility index (Phi) is 1.69. The Hall–Kier alpha value is -0.0800. The first-order valence-corrected chi connectivity index (χ1v) is 4.72. The van der Waals surface area contributed by atoms with Crippen molar-refractivity contribution < 1.29 is 5.73 Å². The number of hydrogen-bond acceptors (Lipinski definition) is 1. The van der Waals surface area contributed by atoms with Crippen molar-refractivity contribution in [3.63, 3.8) is 0 Å². The molecule has 0 amide bonds. The minimum Gasteiger partial charge on any atom is -0.355 e. The summed E-state index contributed by atoms with van der Waals surface area (Å²) in [5.74, 6) is 0. The summed E-state index contributed by atoms with van der Waals surface area (Å²) in [6, 6.07) is 0.776. The van der Waals surface area contributed by atoms with Crippen LogP contribution in [-0.2, 0) is 0 Å². The van der Waals surface area contributed by atoms with Crippen molar-refractivity contribution in [2.45, 2.75) is 31.7 Å². The van der Waals surface area contributed by atoms with Gasteiger partial charge in [0, 0.05) is 12.8 Å². The summed E-state index contributed by atoms with van der Waals surface area (Å²) in [5, 5.41) is 0. The van der Waals surface area contributed by atoms with Crippen LogP contribution in [-0.4, -0.2) is 31.1 Å². The second-order valence-corrected chi connectivity index (χ2v) is 4.58. The topological polar surface area (TPSA) is 30.9 Å². The molecule has 0 atom stereocenters. The van der Waals surface area contributed by atoms with Crippen LogP contribution >= 0.6 is 0 Å². The maximum Gasteiger partial charge on any atom is 0.0854 e. The fourth-order valence-electron chi connectivity index (χ4n) is 2.67. The van der Waals surface area contributed by atoms with Gasteiger partial charge in [-0.25, -0.2) is 0 Å². The molecule has 2 fully saturated rings. The quantitative estimate of drug-likeness (QED) is 0.528. The van der Waals surface area contributed by atoms with Crippen molar-refractivity contribution in [1.29, 1.82) is 0 Å². The van der Waals surface area contributed by atoms with Gasteiger partial charge in [0.2, 0.25) is 0 Å². The Balaban J connectivity index is 1.88. The highest BCUT2D eigenvalue weighted by molar-refractivity contribution is 4.95. The van der Waals surface area contributed by atoms with Gasteiger partial charge in [-0.1, -0.05) is 0 Å². The minimum atomic E-state index is 0.749. The summed E-state index contributed by atoms with van der Waals surface area (Å²) in [7, 11) is 2.23. The van der Waals surface area contributed by atoms with Crippen molar-refractivity contribution in [1.82, 2.24) is 4.90 Å². The average molecular weight is 155 g/mol. The first-order chi connectivity index (χ1) is 5.20. The molecular formula is C9H19N2+. The first kappa shape index (κ1) is 7.56. The zero-order valence-corrected chi connectivity index (χ0v) is 7.47. The Bertz CT molecular complexity index is 140. The van der Waals surface area contributed by atoms with E-state index in [0.717, 1.165) is 11.5 Å². The van der Waals surface area contributed by atoms with E-state index in [-0.39, 0.29) is 0 Å². The second-order valence-electron chi connectivity index (χ2n) is 4.58. The number of quaternary nitrogens is 1. The monoisotopic (exact) mass is 155 g/mol. The first-order valence-electron chi connectivity index (χ1n) is 4.72. The normalized spacial score (nSPS) is 32.2. The van der Waals surface area contributed by atoms with Gasteiger partial charge in [0.05, 0.1) is 6.04 Å². The molecule has 3 N–H and O–H groups in total. The molecule has 1 saturated carbocycles. The van der Waals surface area contributed by atoms with Gasteiger partial charge in [0.15, 0.2) is 0 Å². The smallest absolute Gasteiger partial charge is 0.0854 e. The fourth-order valence-corrected chi connectivity index (χ4v) is 2.67. The van der Waals surface area contributed by atoms with E-state index in [2.05, 4.69) is 17.7 Å². The molecule has 1 aliphatic carbocycles. The van der Waals surface area contributed by atoms with Crippen molar-refractivity contribution >= 4 is 0 Å². The summed E-state index contributed by atoms with van der Waals surface area (Å²) >= 11 is 0. The Morgan fingerprint density at radius 1 is 1.27 bits per heavy atom. The predicted octanol–water partition coefficient (Wildman–Crippen LogP) is 0.103. The number of likely N-dealkylation sites (tertiary alicyclic amines) is 1. The molecular weight excluding hydrogens is 136 g/mol. The summed E-state index contributed by atoms with van der Waals surface area (Å²) in [5.41, 5.74) is 4.85. The molecule has 2 rings (SSSR count). The van der Waals surface area contributed by atoms with Crippen LogP contribution in [0, 0.1) is 5.41 Å². The van der Waals surface area contributed by atoms with E-state index < -0.39 is 0 Å². The third-order valence-electron chi connectivity index (χ3n) is 3.49. The van der Waals surface area contributed by atoms with Gasteiger partial charge in [-0.05, 0) is 38.4 Å². The summed E-state index contributed by atoms with van der Waals surface area (Å²) in [6.45, 7) is 2.62. The fraction of sp³-hybridized carbons (Fsp3) is 1.00. The highest BCUT2D eigenvalue weighted by atomic mass is 15.1. The van der Waals surface area contributed by atoms with Crippen LogP contribution in [0.2, 0.25) is 0 Å². The maximum atomic E-state index is 4.10. The third-order valence-corrected chi connectivity index (χ3v) is 3.49. The van der Waals surface area contributed by atoms with E-state index in [0.29, 0.717) is 0 Å². The summed E-state index contributed by atoms with van der Waals surface area (Å²) in [4.78, 5) is 2.45. The second kappa shape index (κ2) is 2.46. The van der Waals surface area contributed by atoms with Crippen molar-refractivity contribution in [3.8, 4) is 0 Å². The molecule has 0 radical (unpaired) electrons. The van der Waals surface area contributed by atoms with Crippen LogP contribution in [0.25, 0.3) is 0 Å². The van der Waals surface area contributed by atoms with Crippen LogP contribution in [0.1, 0.15) is 25.7 Å². The maximum absolute atomic E-state index is 4.10. The molecule has 64 valence electrons. The van der Waals surface area contributed by atoms with Crippen molar-refractivity contribution in [2.75, 3.05) is 20.1 Å². The van der Waals surface area contributed by atoms with E-state index in [1.165, 1.54) is 38.8 Å². The van der Waals surface area contributed by atoms with Gasteiger partial charge in [0.1, 0.15) is 0 Å². The van der Waals surface area contributed by atoms with Crippen LogP contribution in [0.3, 0.4) is 0 Å². The highest BCUT2D eigenvalue weighted by Crippen LogP contribution is 2.47. The number of piperidine rings is 1. The molecule has 1 spiro atoms. The molecule has 1 aliphatic heterocycles. The highest BCUT2D eigenvalue weighted by Gasteiger charge is 2.45. The lowest BCUT2D eigenvalue weighted by atomic mass is 9.61. The van der Waals surface area contributed by atoms with Gasteiger partial charge in [0.25, 0.3) is 0 Å². The van der Waals surface area contributed by atoms with E-state index in [4.69, 9.17) is 0 Å². The van der Waals surface area contributed by atoms with Gasteiger partial charge in [-0.3, -0.25) is 0 Å². The van der Waals surface area contributed by atoms with E-state index >= 15 is 0 Å². The Labute approximate surface area is 68.7 Å². The van der Waals surface area contributed by atoms with Crippen molar-refractivity contribution in [2.24, 2.45) is 5.41 Å². The van der Waals surface area contributed by atoms with E-state index in [1.807, 2.05) is 0 Å². The molecule has 2 aliphatic rings. The van der Waals surface area contributed by atoms with Gasteiger partial charge in [-0.15, -0.1) is 0 Å². The van der Waals surface area contributed by atoms with Crippen LogP contribution in [0.4, 0.5) is 0 Å². The van der Waals surface area contributed by atoms with Gasteiger partial charge >= 0.3 is 0 Å². The zero-order valence-electron chi connectivity index (χ0n) is 7.47. The standard InChI is InChI=1S/C9H18N2/c1-11-4-2-9(3-5-11)6-8(10)7-9/h8H,2-7,10H2,1H3/p+1. The molecule has 2 heteroatoms.